The summed E-state index contributed by atoms with van der Waals surface area (Å²) in [6, 6.07) is 1.08. The van der Waals surface area contributed by atoms with Crippen LogP contribution in [0, 0.1) is 5.82 Å². The van der Waals surface area contributed by atoms with Crippen LogP contribution in [0.1, 0.15) is 23.6 Å². The average Bonchev–Trinajstić information content (AvgIpc) is 2.16. The van der Waals surface area contributed by atoms with Crippen molar-refractivity contribution in [3.05, 3.63) is 35.1 Å². The number of rotatable bonds is 3. The molecule has 0 aliphatic rings. The van der Waals surface area contributed by atoms with Crippen LogP contribution in [0.5, 0.6) is 0 Å². The summed E-state index contributed by atoms with van der Waals surface area (Å²) in [6.07, 6.45) is -4.77. The van der Waals surface area contributed by atoms with Crippen LogP contribution in [0.2, 0.25) is 0 Å². The second-order valence-corrected chi connectivity index (χ2v) is 3.36. The van der Waals surface area contributed by atoms with Crippen molar-refractivity contribution in [2.45, 2.75) is 18.6 Å². The number of hydrogen-bond donors (Lipinski definition) is 1. The highest BCUT2D eigenvalue weighted by Gasteiger charge is 2.31. The monoisotopic (exact) mass is 239 g/mol. The average molecular weight is 239 g/mol. The standard InChI is InChI=1S/C10H10F5N/c11-2-1-9(16)6-3-7(10(13,14)15)5-8(12)4-6/h3-5,9H,1-2,16H2/t9-/m0/s1. The van der Waals surface area contributed by atoms with E-state index in [1.165, 1.54) is 0 Å². The van der Waals surface area contributed by atoms with E-state index in [2.05, 4.69) is 0 Å². The van der Waals surface area contributed by atoms with E-state index < -0.39 is 30.3 Å². The molecule has 1 aromatic carbocycles. The first-order valence-electron chi connectivity index (χ1n) is 4.54. The molecule has 0 unspecified atom stereocenters. The maximum absolute atomic E-state index is 12.9. The Labute approximate surface area is 89.1 Å². The molecule has 2 N–H and O–H groups in total. The Hall–Kier alpha value is -1.17. The van der Waals surface area contributed by atoms with Gasteiger partial charge in [0.15, 0.2) is 0 Å². The fourth-order valence-electron chi connectivity index (χ4n) is 1.27. The molecule has 0 aliphatic carbocycles. The Morgan fingerprint density at radius 2 is 1.81 bits per heavy atom. The topological polar surface area (TPSA) is 26.0 Å². The number of alkyl halides is 4. The van der Waals surface area contributed by atoms with Gasteiger partial charge in [-0.15, -0.1) is 0 Å². The van der Waals surface area contributed by atoms with Crippen LogP contribution >= 0.6 is 0 Å². The predicted molar refractivity (Wildman–Crippen MR) is 48.9 cm³/mol. The summed E-state index contributed by atoms with van der Waals surface area (Å²) in [4.78, 5) is 0. The molecule has 16 heavy (non-hydrogen) atoms. The lowest BCUT2D eigenvalue weighted by Crippen LogP contribution is -2.14. The molecule has 0 aromatic heterocycles. The fraction of sp³-hybridized carbons (Fsp3) is 0.400. The van der Waals surface area contributed by atoms with Crippen molar-refractivity contribution >= 4 is 0 Å². The Morgan fingerprint density at radius 1 is 1.19 bits per heavy atom. The molecule has 0 saturated carbocycles. The summed E-state index contributed by atoms with van der Waals surface area (Å²) < 4.78 is 61.8. The third kappa shape index (κ3) is 3.16. The van der Waals surface area contributed by atoms with Crippen LogP contribution in [-0.2, 0) is 6.18 Å². The number of hydrogen-bond acceptors (Lipinski definition) is 1. The van der Waals surface area contributed by atoms with Gasteiger partial charge in [0.2, 0.25) is 0 Å². The van der Waals surface area contributed by atoms with Crippen LogP contribution in [-0.4, -0.2) is 6.67 Å². The van der Waals surface area contributed by atoms with Crippen molar-refractivity contribution in [3.63, 3.8) is 0 Å². The molecule has 0 heterocycles. The largest absolute Gasteiger partial charge is 0.416 e. The van der Waals surface area contributed by atoms with Gasteiger partial charge in [0.1, 0.15) is 5.82 Å². The quantitative estimate of drug-likeness (QED) is 0.805. The van der Waals surface area contributed by atoms with Crippen molar-refractivity contribution in [2.75, 3.05) is 6.67 Å². The van der Waals surface area contributed by atoms with Crippen LogP contribution in [0.4, 0.5) is 22.0 Å². The van der Waals surface area contributed by atoms with E-state index in [0.29, 0.717) is 6.07 Å². The highest BCUT2D eigenvalue weighted by atomic mass is 19.4. The minimum atomic E-state index is -4.63. The van der Waals surface area contributed by atoms with Crippen molar-refractivity contribution < 1.29 is 22.0 Å². The van der Waals surface area contributed by atoms with Gasteiger partial charge in [0, 0.05) is 6.04 Å². The van der Waals surface area contributed by atoms with E-state index in [1.807, 2.05) is 0 Å². The van der Waals surface area contributed by atoms with Crippen molar-refractivity contribution in [1.29, 1.82) is 0 Å². The lowest BCUT2D eigenvalue weighted by Gasteiger charge is -2.13. The lowest BCUT2D eigenvalue weighted by atomic mass is 10.0. The van der Waals surface area contributed by atoms with Crippen molar-refractivity contribution in [2.24, 2.45) is 5.73 Å². The normalized spacial score (nSPS) is 13.9. The number of halogens is 5. The van der Waals surface area contributed by atoms with E-state index >= 15 is 0 Å². The van der Waals surface area contributed by atoms with Gasteiger partial charge in [0.25, 0.3) is 0 Å². The zero-order valence-electron chi connectivity index (χ0n) is 8.19. The first-order valence-corrected chi connectivity index (χ1v) is 4.54. The number of nitrogens with two attached hydrogens (primary N) is 1. The predicted octanol–water partition coefficient (Wildman–Crippen LogP) is 3.20. The van der Waals surface area contributed by atoms with Gasteiger partial charge in [-0.2, -0.15) is 13.2 Å². The van der Waals surface area contributed by atoms with E-state index in [-0.39, 0.29) is 12.0 Å². The van der Waals surface area contributed by atoms with E-state index in [1.54, 1.807) is 0 Å². The van der Waals surface area contributed by atoms with E-state index in [0.717, 1.165) is 12.1 Å². The summed E-state index contributed by atoms with van der Waals surface area (Å²) in [5, 5.41) is 0. The molecule has 6 heteroatoms. The molecule has 1 nitrogen and oxygen atoms in total. The van der Waals surface area contributed by atoms with Gasteiger partial charge < -0.3 is 5.73 Å². The second kappa shape index (κ2) is 4.78. The fourth-order valence-corrected chi connectivity index (χ4v) is 1.27. The van der Waals surface area contributed by atoms with E-state index in [4.69, 9.17) is 5.73 Å². The molecule has 0 radical (unpaired) electrons. The molecule has 0 fully saturated rings. The second-order valence-electron chi connectivity index (χ2n) is 3.36. The van der Waals surface area contributed by atoms with E-state index in [9.17, 15) is 22.0 Å². The minimum absolute atomic E-state index is 0.0509. The molecule has 1 rings (SSSR count). The van der Waals surface area contributed by atoms with Crippen LogP contribution in [0.3, 0.4) is 0 Å². The van der Waals surface area contributed by atoms with Crippen molar-refractivity contribution in [3.8, 4) is 0 Å². The number of benzene rings is 1. The van der Waals surface area contributed by atoms with Crippen LogP contribution in [0.25, 0.3) is 0 Å². The molecule has 90 valence electrons. The maximum Gasteiger partial charge on any atom is 0.416 e. The zero-order chi connectivity index (χ0) is 12.3. The lowest BCUT2D eigenvalue weighted by molar-refractivity contribution is -0.137. The summed E-state index contributed by atoms with van der Waals surface area (Å²) in [5.74, 6) is -1.03. The Bertz CT molecular complexity index is 361. The summed E-state index contributed by atoms with van der Waals surface area (Å²) in [5.41, 5.74) is 4.25. The first kappa shape index (κ1) is 12.9. The Balaban J connectivity index is 3.08. The molecule has 0 amide bonds. The van der Waals surface area contributed by atoms with Gasteiger partial charge in [0.05, 0.1) is 12.2 Å². The molecule has 1 aromatic rings. The third-order valence-electron chi connectivity index (χ3n) is 2.10. The Kier molecular flexibility index (Phi) is 3.85. The first-order chi connectivity index (χ1) is 7.34. The molecule has 0 bridgehead atoms. The highest BCUT2D eigenvalue weighted by molar-refractivity contribution is 5.28. The summed E-state index contributed by atoms with van der Waals surface area (Å²) >= 11 is 0. The maximum atomic E-state index is 12.9. The molecular weight excluding hydrogens is 229 g/mol. The summed E-state index contributed by atoms with van der Waals surface area (Å²) in [7, 11) is 0. The minimum Gasteiger partial charge on any atom is -0.324 e. The van der Waals surface area contributed by atoms with Gasteiger partial charge in [-0.25, -0.2) is 4.39 Å². The smallest absolute Gasteiger partial charge is 0.324 e. The molecular formula is C10H10F5N. The van der Waals surface area contributed by atoms with Gasteiger partial charge in [-0.3, -0.25) is 4.39 Å². The molecule has 0 spiro atoms. The van der Waals surface area contributed by atoms with Gasteiger partial charge in [-0.1, -0.05) is 0 Å². The Morgan fingerprint density at radius 3 is 2.31 bits per heavy atom. The third-order valence-corrected chi connectivity index (χ3v) is 2.10. The van der Waals surface area contributed by atoms with Crippen LogP contribution < -0.4 is 5.73 Å². The van der Waals surface area contributed by atoms with Gasteiger partial charge >= 0.3 is 6.18 Å². The molecule has 0 aliphatic heterocycles. The van der Waals surface area contributed by atoms with Gasteiger partial charge in [-0.05, 0) is 30.2 Å². The highest BCUT2D eigenvalue weighted by Crippen LogP contribution is 2.31. The van der Waals surface area contributed by atoms with Crippen LogP contribution in [0.15, 0.2) is 18.2 Å². The van der Waals surface area contributed by atoms with Crippen molar-refractivity contribution in [1.82, 2.24) is 0 Å². The molecule has 0 saturated heterocycles. The summed E-state index contributed by atoms with van der Waals surface area (Å²) in [6.45, 7) is -0.765. The zero-order valence-corrected chi connectivity index (χ0v) is 8.19. The SMILES string of the molecule is N[C@@H](CCF)c1cc(F)cc(C(F)(F)F)c1. The molecule has 1 atom stereocenters.